The first-order valence-corrected chi connectivity index (χ1v) is 7.71. The van der Waals surface area contributed by atoms with Gasteiger partial charge < -0.3 is 10.2 Å². The summed E-state index contributed by atoms with van der Waals surface area (Å²) in [5.74, 6) is 0.758. The summed E-state index contributed by atoms with van der Waals surface area (Å²) in [5, 5.41) is 3.01. The summed E-state index contributed by atoms with van der Waals surface area (Å²) in [7, 11) is 0. The molecule has 0 atom stereocenters. The molecule has 0 radical (unpaired) electrons. The molecule has 0 bridgehead atoms. The zero-order valence-electron chi connectivity index (χ0n) is 11.9. The van der Waals surface area contributed by atoms with Gasteiger partial charge in [0, 0.05) is 31.4 Å². The van der Waals surface area contributed by atoms with Crippen molar-refractivity contribution in [1.82, 2.24) is 15.2 Å². The Morgan fingerprint density at radius 2 is 1.90 bits per heavy atom. The van der Waals surface area contributed by atoms with Gasteiger partial charge in [-0.05, 0) is 62.4 Å². The SMILES string of the molecule is O=C(CC1CCN(C2CC2)CC1)NCc1ccncc1. The van der Waals surface area contributed by atoms with E-state index in [2.05, 4.69) is 15.2 Å². The average molecular weight is 273 g/mol. The second-order valence-electron chi connectivity index (χ2n) is 6.05. The fraction of sp³-hybridized carbons (Fsp3) is 0.625. The van der Waals surface area contributed by atoms with E-state index in [-0.39, 0.29) is 5.91 Å². The van der Waals surface area contributed by atoms with Crippen LogP contribution in [0, 0.1) is 5.92 Å². The topological polar surface area (TPSA) is 45.2 Å². The van der Waals surface area contributed by atoms with Gasteiger partial charge in [-0.3, -0.25) is 9.78 Å². The molecule has 108 valence electrons. The van der Waals surface area contributed by atoms with Gasteiger partial charge in [-0.25, -0.2) is 0 Å². The van der Waals surface area contributed by atoms with Crippen LogP contribution < -0.4 is 5.32 Å². The van der Waals surface area contributed by atoms with Crippen molar-refractivity contribution in [3.63, 3.8) is 0 Å². The van der Waals surface area contributed by atoms with E-state index in [0.29, 0.717) is 18.9 Å². The molecule has 1 N–H and O–H groups in total. The highest BCUT2D eigenvalue weighted by molar-refractivity contribution is 5.76. The van der Waals surface area contributed by atoms with Crippen LogP contribution in [0.1, 0.15) is 37.7 Å². The maximum absolute atomic E-state index is 12.0. The fourth-order valence-electron chi connectivity index (χ4n) is 3.00. The van der Waals surface area contributed by atoms with Crippen LogP contribution in [0.2, 0.25) is 0 Å². The van der Waals surface area contributed by atoms with Crippen molar-refractivity contribution >= 4 is 5.91 Å². The Balaban J connectivity index is 1.36. The Labute approximate surface area is 120 Å². The Bertz CT molecular complexity index is 436. The van der Waals surface area contributed by atoms with Crippen LogP contribution in [-0.2, 0) is 11.3 Å². The maximum atomic E-state index is 12.0. The third kappa shape index (κ3) is 3.79. The number of carbonyl (C=O) groups is 1. The standard InChI is InChI=1S/C16H23N3O/c20-16(18-12-14-3-7-17-8-4-14)11-13-5-9-19(10-6-13)15-1-2-15/h3-4,7-8,13,15H,1-2,5-6,9-12H2,(H,18,20). The van der Waals surface area contributed by atoms with Gasteiger partial charge in [0.1, 0.15) is 0 Å². The van der Waals surface area contributed by atoms with Crippen LogP contribution in [0.4, 0.5) is 0 Å². The highest BCUT2D eigenvalue weighted by Crippen LogP contribution is 2.31. The van der Waals surface area contributed by atoms with Crippen molar-refractivity contribution < 1.29 is 4.79 Å². The molecule has 1 aliphatic heterocycles. The van der Waals surface area contributed by atoms with Crippen molar-refractivity contribution in [3.05, 3.63) is 30.1 Å². The maximum Gasteiger partial charge on any atom is 0.220 e. The lowest BCUT2D eigenvalue weighted by Gasteiger charge is -2.31. The van der Waals surface area contributed by atoms with Gasteiger partial charge >= 0.3 is 0 Å². The third-order valence-electron chi connectivity index (χ3n) is 4.43. The van der Waals surface area contributed by atoms with E-state index in [4.69, 9.17) is 0 Å². The second kappa shape index (κ2) is 6.35. The van der Waals surface area contributed by atoms with Crippen LogP contribution in [0.3, 0.4) is 0 Å². The molecule has 3 rings (SSSR count). The first kappa shape index (κ1) is 13.6. The van der Waals surface area contributed by atoms with Crippen LogP contribution in [-0.4, -0.2) is 34.9 Å². The minimum atomic E-state index is 0.187. The monoisotopic (exact) mass is 273 g/mol. The molecule has 0 spiro atoms. The number of pyridine rings is 1. The molecule has 2 aliphatic rings. The number of hydrogen-bond donors (Lipinski definition) is 1. The van der Waals surface area contributed by atoms with E-state index >= 15 is 0 Å². The number of hydrogen-bond acceptors (Lipinski definition) is 3. The van der Waals surface area contributed by atoms with E-state index in [1.807, 2.05) is 12.1 Å². The molecule has 0 aromatic carbocycles. The summed E-state index contributed by atoms with van der Waals surface area (Å²) >= 11 is 0. The van der Waals surface area contributed by atoms with Gasteiger partial charge in [0.2, 0.25) is 5.91 Å². The third-order valence-corrected chi connectivity index (χ3v) is 4.43. The number of nitrogens with zero attached hydrogens (tertiary/aromatic N) is 2. The molecular formula is C16H23N3O. The predicted molar refractivity (Wildman–Crippen MR) is 78.0 cm³/mol. The summed E-state index contributed by atoms with van der Waals surface area (Å²) in [6.45, 7) is 2.99. The molecule has 2 fully saturated rings. The number of aromatic nitrogens is 1. The first-order chi connectivity index (χ1) is 9.81. The highest BCUT2D eigenvalue weighted by Gasteiger charge is 2.32. The van der Waals surface area contributed by atoms with E-state index in [0.717, 1.165) is 11.6 Å². The molecule has 1 aromatic heterocycles. The van der Waals surface area contributed by atoms with E-state index in [1.54, 1.807) is 12.4 Å². The van der Waals surface area contributed by atoms with Crippen molar-refractivity contribution in [2.45, 2.75) is 44.7 Å². The highest BCUT2D eigenvalue weighted by atomic mass is 16.1. The Morgan fingerprint density at radius 3 is 2.55 bits per heavy atom. The van der Waals surface area contributed by atoms with Crippen LogP contribution >= 0.6 is 0 Å². The first-order valence-electron chi connectivity index (χ1n) is 7.71. The number of amides is 1. The summed E-state index contributed by atoms with van der Waals surface area (Å²) < 4.78 is 0. The lowest BCUT2D eigenvalue weighted by atomic mass is 9.93. The fourth-order valence-corrected chi connectivity index (χ4v) is 3.00. The molecule has 20 heavy (non-hydrogen) atoms. The van der Waals surface area contributed by atoms with E-state index in [9.17, 15) is 4.79 Å². The van der Waals surface area contributed by atoms with Crippen molar-refractivity contribution in [3.8, 4) is 0 Å². The van der Waals surface area contributed by atoms with Crippen LogP contribution in [0.25, 0.3) is 0 Å². The normalized spacial score (nSPS) is 20.8. The Hall–Kier alpha value is -1.42. The summed E-state index contributed by atoms with van der Waals surface area (Å²) in [4.78, 5) is 18.5. The number of carbonyl (C=O) groups excluding carboxylic acids is 1. The number of likely N-dealkylation sites (tertiary alicyclic amines) is 1. The number of piperidine rings is 1. The molecule has 4 heteroatoms. The molecule has 1 amide bonds. The minimum absolute atomic E-state index is 0.187. The van der Waals surface area contributed by atoms with Gasteiger partial charge in [-0.1, -0.05) is 0 Å². The minimum Gasteiger partial charge on any atom is -0.352 e. The zero-order chi connectivity index (χ0) is 13.8. The molecule has 1 saturated carbocycles. The number of rotatable bonds is 5. The van der Waals surface area contributed by atoms with Gasteiger partial charge in [0.25, 0.3) is 0 Å². The van der Waals surface area contributed by atoms with Gasteiger partial charge in [-0.2, -0.15) is 0 Å². The zero-order valence-corrected chi connectivity index (χ0v) is 11.9. The van der Waals surface area contributed by atoms with Crippen LogP contribution in [0.5, 0.6) is 0 Å². The van der Waals surface area contributed by atoms with E-state index < -0.39 is 0 Å². The Morgan fingerprint density at radius 1 is 1.20 bits per heavy atom. The summed E-state index contributed by atoms with van der Waals surface area (Å²) in [6.07, 6.45) is 9.33. The van der Waals surface area contributed by atoms with Crippen molar-refractivity contribution in [1.29, 1.82) is 0 Å². The van der Waals surface area contributed by atoms with E-state index in [1.165, 1.54) is 38.8 Å². The molecule has 1 aliphatic carbocycles. The Kier molecular flexibility index (Phi) is 4.31. The smallest absolute Gasteiger partial charge is 0.220 e. The number of nitrogens with one attached hydrogen (secondary N) is 1. The quantitative estimate of drug-likeness (QED) is 0.892. The molecular weight excluding hydrogens is 250 g/mol. The summed E-state index contributed by atoms with van der Waals surface area (Å²) in [5.41, 5.74) is 1.11. The molecule has 0 unspecified atom stereocenters. The summed E-state index contributed by atoms with van der Waals surface area (Å²) in [6, 6.07) is 4.75. The lowest BCUT2D eigenvalue weighted by Crippen LogP contribution is -2.37. The van der Waals surface area contributed by atoms with Gasteiger partial charge in [0.15, 0.2) is 0 Å². The van der Waals surface area contributed by atoms with Crippen molar-refractivity contribution in [2.75, 3.05) is 13.1 Å². The van der Waals surface area contributed by atoms with Gasteiger partial charge in [0.05, 0.1) is 0 Å². The van der Waals surface area contributed by atoms with Crippen LogP contribution in [0.15, 0.2) is 24.5 Å². The largest absolute Gasteiger partial charge is 0.352 e. The average Bonchev–Trinajstić information content (AvgIpc) is 3.32. The molecule has 1 saturated heterocycles. The second-order valence-corrected chi connectivity index (χ2v) is 6.05. The molecule has 1 aromatic rings. The van der Waals surface area contributed by atoms with Crippen molar-refractivity contribution in [2.24, 2.45) is 5.92 Å². The van der Waals surface area contributed by atoms with Gasteiger partial charge in [-0.15, -0.1) is 0 Å². The molecule has 4 nitrogen and oxygen atoms in total. The molecule has 2 heterocycles. The lowest BCUT2D eigenvalue weighted by molar-refractivity contribution is -0.122. The predicted octanol–water partition coefficient (Wildman–Crippen LogP) is 1.96.